The summed E-state index contributed by atoms with van der Waals surface area (Å²) in [5.41, 5.74) is 4.71. The number of hydrogen-bond donors (Lipinski definition) is 4. The number of ketones is 1. The topological polar surface area (TPSA) is 172 Å². The number of methoxy groups -OCH3 is 1. The second kappa shape index (κ2) is 23.7. The zero-order valence-corrected chi connectivity index (χ0v) is 43.4. The van der Waals surface area contributed by atoms with Gasteiger partial charge in [-0.05, 0) is 97.9 Å². The van der Waals surface area contributed by atoms with E-state index in [0.29, 0.717) is 67.3 Å². The van der Waals surface area contributed by atoms with Crippen LogP contribution in [-0.2, 0) is 9.53 Å². The lowest BCUT2D eigenvalue weighted by molar-refractivity contribution is -0.116. The third-order valence-corrected chi connectivity index (χ3v) is 15.1. The van der Waals surface area contributed by atoms with Crippen molar-refractivity contribution in [2.75, 3.05) is 50.8 Å². The number of rotatable bonds is 15. The van der Waals surface area contributed by atoms with Gasteiger partial charge in [0, 0.05) is 67.2 Å². The number of aliphatic hydroxyl groups excluding tert-OH is 1. The van der Waals surface area contributed by atoms with Crippen molar-refractivity contribution in [1.82, 2.24) is 20.2 Å². The van der Waals surface area contributed by atoms with Crippen LogP contribution in [0.25, 0.3) is 16.6 Å². The lowest BCUT2D eigenvalue weighted by Crippen LogP contribution is -2.43. The van der Waals surface area contributed by atoms with Gasteiger partial charge in [0.15, 0.2) is 17.3 Å². The first-order chi connectivity index (χ1) is 32.7. The molecule has 2 amide bonds. The second-order valence-corrected chi connectivity index (χ2v) is 22.1. The number of nitrogens with zero attached hydrogens (tertiary/aromatic N) is 3. The molecular formula is C54H67N5O8S2. The van der Waals surface area contributed by atoms with Gasteiger partial charge in [-0.15, -0.1) is 5.92 Å². The highest BCUT2D eigenvalue weighted by Gasteiger charge is 2.40. The number of allylic oxidation sites excluding steroid dienone is 5. The maximum absolute atomic E-state index is 14.1. The van der Waals surface area contributed by atoms with Crippen LogP contribution in [0.4, 0.5) is 10.5 Å². The van der Waals surface area contributed by atoms with Crippen molar-refractivity contribution in [3.8, 4) is 35.2 Å². The molecule has 1 atom stereocenters. The fraction of sp³-hybridized carbons (Fsp3) is 0.463. The van der Waals surface area contributed by atoms with Crippen LogP contribution in [0.3, 0.4) is 0 Å². The number of anilines is 1. The maximum Gasteiger partial charge on any atom is 0.411 e. The van der Waals surface area contributed by atoms with Crippen LogP contribution in [0.5, 0.6) is 11.5 Å². The smallest absolute Gasteiger partial charge is 0.411 e. The molecule has 15 heteroatoms. The molecule has 368 valence electrons. The van der Waals surface area contributed by atoms with Crippen LogP contribution in [0.15, 0.2) is 84.0 Å². The zero-order valence-electron chi connectivity index (χ0n) is 41.8. The van der Waals surface area contributed by atoms with E-state index in [1.165, 1.54) is 7.11 Å². The van der Waals surface area contributed by atoms with Gasteiger partial charge < -0.3 is 34.6 Å². The Morgan fingerprint density at radius 2 is 1.62 bits per heavy atom. The molecule has 2 aliphatic heterocycles. The lowest BCUT2D eigenvalue weighted by atomic mass is 9.69. The molecule has 69 heavy (non-hydrogen) atoms. The summed E-state index contributed by atoms with van der Waals surface area (Å²) < 4.78 is 17.4. The van der Waals surface area contributed by atoms with Gasteiger partial charge in [0.1, 0.15) is 0 Å². The number of nitrogens with one attached hydrogen (secondary N) is 2. The van der Waals surface area contributed by atoms with Crippen molar-refractivity contribution in [2.24, 2.45) is 16.2 Å². The van der Waals surface area contributed by atoms with Gasteiger partial charge in [0.2, 0.25) is 0 Å². The Kier molecular flexibility index (Phi) is 18.7. The average molecular weight is 978 g/mol. The first-order valence-corrected chi connectivity index (χ1v) is 25.7. The van der Waals surface area contributed by atoms with Gasteiger partial charge in [0.25, 0.3) is 5.91 Å². The molecule has 4 N–H and O–H groups in total. The van der Waals surface area contributed by atoms with E-state index in [2.05, 4.69) is 68.9 Å². The minimum Gasteiger partial charge on any atom is -0.489 e. The standard InChI is InChI=1S/C35H46N4O5.C19H21NO3S2/c1-32(2,19-40)33(3,4)20-43-30-16-27-25(15-29(30)44-21-34(5,6)35(7,8)42)31(41)39-18-23(13-24(39)17-38-27)22-9-10-26-28(14-22)37-12-11-36-26;1-4-5-6-7-8-9-10-16-15(13-14-25-24-3)11-12-17(21)18(16)20-19(22)23-2/h9-12,14-16,18,24,38,40,42H,13,17,19-21H2,1-8H3;6-7,13H,10-12,14H2,1-3H3,(H,20,22)/b;7-6-,15-13-. The molecule has 0 saturated heterocycles. The molecule has 6 rings (SSSR count). The van der Waals surface area contributed by atoms with Crippen molar-refractivity contribution in [1.29, 1.82) is 0 Å². The highest BCUT2D eigenvalue weighted by atomic mass is 33.1. The van der Waals surface area contributed by atoms with Crippen molar-refractivity contribution >= 4 is 61.7 Å². The summed E-state index contributed by atoms with van der Waals surface area (Å²) >= 11 is 0. The van der Waals surface area contributed by atoms with Gasteiger partial charge >= 0.3 is 6.09 Å². The summed E-state index contributed by atoms with van der Waals surface area (Å²) in [6.45, 7) is 18.4. The molecule has 0 spiro atoms. The second-order valence-electron chi connectivity index (χ2n) is 19.5. The molecule has 3 heterocycles. The van der Waals surface area contributed by atoms with Crippen molar-refractivity contribution in [3.05, 3.63) is 95.1 Å². The average Bonchev–Trinajstić information content (AvgIpc) is 3.71. The van der Waals surface area contributed by atoms with E-state index in [1.54, 1.807) is 73.0 Å². The summed E-state index contributed by atoms with van der Waals surface area (Å²) in [7, 11) is 4.68. The van der Waals surface area contributed by atoms with Crippen LogP contribution in [0.2, 0.25) is 0 Å². The molecule has 3 aliphatic rings. The minimum atomic E-state index is -0.997. The van der Waals surface area contributed by atoms with E-state index >= 15 is 0 Å². The van der Waals surface area contributed by atoms with Gasteiger partial charge in [0.05, 0.1) is 59.9 Å². The predicted molar refractivity (Wildman–Crippen MR) is 279 cm³/mol. The number of hydrogen-bond acceptors (Lipinski definition) is 13. The van der Waals surface area contributed by atoms with E-state index in [4.69, 9.17) is 9.47 Å². The maximum atomic E-state index is 14.1. The van der Waals surface area contributed by atoms with Crippen LogP contribution in [0, 0.1) is 39.9 Å². The van der Waals surface area contributed by atoms with Crippen LogP contribution < -0.4 is 20.1 Å². The number of Topliss-reactive ketones (excluding diaryl/α,β-unsaturated/α-hetero) is 1. The van der Waals surface area contributed by atoms with E-state index in [0.717, 1.165) is 39.1 Å². The Labute approximate surface area is 415 Å². The lowest BCUT2D eigenvalue weighted by Gasteiger charge is -2.40. The molecule has 0 radical (unpaired) electrons. The molecular weight excluding hydrogens is 911 g/mol. The molecule has 1 aromatic heterocycles. The monoisotopic (exact) mass is 977 g/mol. The van der Waals surface area contributed by atoms with Crippen molar-refractivity contribution < 1.29 is 38.8 Å². The Hall–Kier alpha value is -5.71. The fourth-order valence-corrected chi connectivity index (χ4v) is 8.17. The molecule has 0 saturated carbocycles. The summed E-state index contributed by atoms with van der Waals surface area (Å²) in [5.74, 6) is 13.0. The number of fused-ring (bicyclic) bond motifs is 3. The normalized spacial score (nSPS) is 16.8. The van der Waals surface area contributed by atoms with E-state index in [-0.39, 0.29) is 41.8 Å². The number of aliphatic hydroxyl groups is 2. The van der Waals surface area contributed by atoms with Crippen molar-refractivity contribution in [2.45, 2.75) is 99.6 Å². The van der Waals surface area contributed by atoms with Crippen LogP contribution in [0.1, 0.15) is 104 Å². The molecule has 0 bridgehead atoms. The van der Waals surface area contributed by atoms with E-state index < -0.39 is 17.1 Å². The van der Waals surface area contributed by atoms with Gasteiger partial charge in [-0.2, -0.15) is 0 Å². The number of amides is 2. The number of carbonyl (C=O) groups is 3. The molecule has 1 aliphatic carbocycles. The number of alkyl carbamates (subject to hydrolysis) is 1. The summed E-state index contributed by atoms with van der Waals surface area (Å²) in [6, 6.07) is 9.54. The number of carbonyl (C=O) groups excluding carboxylic acids is 3. The highest BCUT2D eigenvalue weighted by Crippen LogP contribution is 2.43. The largest absolute Gasteiger partial charge is 0.489 e. The zero-order chi connectivity index (χ0) is 50.6. The molecule has 0 fully saturated rings. The molecule has 1 unspecified atom stereocenters. The molecule has 2 aromatic carbocycles. The predicted octanol–water partition coefficient (Wildman–Crippen LogP) is 9.78. The van der Waals surface area contributed by atoms with Gasteiger partial charge in [-0.1, -0.05) is 93.0 Å². The Morgan fingerprint density at radius 3 is 2.29 bits per heavy atom. The summed E-state index contributed by atoms with van der Waals surface area (Å²) in [6.07, 6.45) is 14.2. The highest BCUT2D eigenvalue weighted by molar-refractivity contribution is 8.76. The third kappa shape index (κ3) is 13.8. The number of benzene rings is 2. The van der Waals surface area contributed by atoms with Gasteiger partial charge in [-0.3, -0.25) is 24.9 Å². The molecule has 3 aromatic rings. The first-order valence-electron chi connectivity index (χ1n) is 22.9. The van der Waals surface area contributed by atoms with Crippen LogP contribution in [-0.4, -0.2) is 100.0 Å². The third-order valence-electron chi connectivity index (χ3n) is 13.4. The van der Waals surface area contributed by atoms with Gasteiger partial charge in [-0.25, -0.2) is 4.79 Å². The SMILES string of the molecule is CC#C/C=C\C#CCC1=C(NC(=O)OC)C(=O)CC/C1=C/CSSC.CC(C)(O)C(C)(C)COc1cc2c(cc1OCC(C)(C)C(C)(C)CO)NCC1CC(c3ccc4nccnc4c3)=CN1C2=O. The number of ether oxygens (including phenoxy) is 3. The fourth-order valence-electron chi connectivity index (χ4n) is 7.15. The Bertz CT molecular complexity index is 2640. The van der Waals surface area contributed by atoms with E-state index in [9.17, 15) is 24.6 Å². The van der Waals surface area contributed by atoms with Crippen molar-refractivity contribution in [3.63, 3.8) is 0 Å². The first kappa shape index (κ1) is 54.2. The summed E-state index contributed by atoms with van der Waals surface area (Å²) in [4.78, 5) is 48.5. The minimum absolute atomic E-state index is 0.0199. The summed E-state index contributed by atoms with van der Waals surface area (Å²) in [5, 5.41) is 26.8. The molecule has 13 nitrogen and oxygen atoms in total. The van der Waals surface area contributed by atoms with E-state index in [1.807, 2.05) is 69.3 Å². The Balaban J connectivity index is 0.000000303. The Morgan fingerprint density at radius 1 is 0.942 bits per heavy atom. The van der Waals surface area contributed by atoms with Crippen LogP contribution >= 0.6 is 21.6 Å². The number of aromatic nitrogens is 2. The quantitative estimate of drug-likeness (QED) is 0.0645.